The molecule has 0 spiro atoms. The number of aromatic nitrogens is 1. The summed E-state index contributed by atoms with van der Waals surface area (Å²) in [6.45, 7) is 6.43. The van der Waals surface area contributed by atoms with Gasteiger partial charge in [0, 0.05) is 26.2 Å². The van der Waals surface area contributed by atoms with E-state index >= 15 is 0 Å². The summed E-state index contributed by atoms with van der Waals surface area (Å²) in [6, 6.07) is 17.9. The second-order valence-electron chi connectivity index (χ2n) is 8.56. The minimum atomic E-state index is -0.123. The largest absolute Gasteiger partial charge is 0.494 e. The highest BCUT2D eigenvalue weighted by Gasteiger charge is 2.23. The number of hydrogen-bond donors (Lipinski definition) is 0. The van der Waals surface area contributed by atoms with E-state index in [9.17, 15) is 4.79 Å². The standard InChI is InChI=1S/C27H29N3O4S/c1-19-7-10-23(32-2)25-26(19)35-27(28-25)30(12-11-29-13-15-33-16-14-29)24(31)18-34-22-9-8-20-5-3-4-6-21(20)17-22/h3-10,17H,11-16,18H2,1-2H3. The Bertz CT molecular complexity index is 1330. The fourth-order valence-electron chi connectivity index (χ4n) is 4.25. The van der Waals surface area contributed by atoms with Crippen molar-refractivity contribution in [2.45, 2.75) is 6.92 Å². The molecule has 0 saturated carbocycles. The van der Waals surface area contributed by atoms with E-state index in [1.165, 1.54) is 11.3 Å². The maximum atomic E-state index is 13.5. The molecule has 8 heteroatoms. The van der Waals surface area contributed by atoms with E-state index in [-0.39, 0.29) is 12.5 Å². The first kappa shape index (κ1) is 23.5. The zero-order valence-corrected chi connectivity index (χ0v) is 20.8. The third-order valence-electron chi connectivity index (χ3n) is 6.27. The number of carbonyl (C=O) groups is 1. The number of aryl methyl sites for hydroxylation is 1. The van der Waals surface area contributed by atoms with E-state index in [1.807, 2.05) is 55.5 Å². The fraction of sp³-hybridized carbons (Fsp3) is 0.333. The van der Waals surface area contributed by atoms with Gasteiger partial charge in [0.1, 0.15) is 17.0 Å². The second kappa shape index (κ2) is 10.6. The van der Waals surface area contributed by atoms with Crippen LogP contribution < -0.4 is 14.4 Å². The lowest BCUT2D eigenvalue weighted by Gasteiger charge is -2.29. The second-order valence-corrected chi connectivity index (χ2v) is 9.53. The van der Waals surface area contributed by atoms with Gasteiger partial charge in [0.25, 0.3) is 5.91 Å². The van der Waals surface area contributed by atoms with Gasteiger partial charge in [-0.2, -0.15) is 0 Å². The smallest absolute Gasteiger partial charge is 0.266 e. The summed E-state index contributed by atoms with van der Waals surface area (Å²) < 4.78 is 18.0. The molecule has 1 aliphatic rings. The van der Waals surface area contributed by atoms with Gasteiger partial charge in [0.2, 0.25) is 0 Å². The van der Waals surface area contributed by atoms with Gasteiger partial charge >= 0.3 is 0 Å². The van der Waals surface area contributed by atoms with Crippen LogP contribution in [0.25, 0.3) is 21.0 Å². The zero-order chi connectivity index (χ0) is 24.2. The van der Waals surface area contributed by atoms with E-state index in [1.54, 1.807) is 12.0 Å². The summed E-state index contributed by atoms with van der Waals surface area (Å²) in [4.78, 5) is 22.4. The first-order chi connectivity index (χ1) is 17.1. The van der Waals surface area contributed by atoms with Crippen LogP contribution in [-0.2, 0) is 9.53 Å². The minimum Gasteiger partial charge on any atom is -0.494 e. The molecule has 2 heterocycles. The third kappa shape index (κ3) is 5.24. The average Bonchev–Trinajstić information content (AvgIpc) is 3.34. The van der Waals surface area contributed by atoms with Crippen LogP contribution in [0, 0.1) is 6.92 Å². The van der Waals surface area contributed by atoms with Gasteiger partial charge in [-0.05, 0) is 41.5 Å². The number of hydrogen-bond acceptors (Lipinski definition) is 7. The van der Waals surface area contributed by atoms with Gasteiger partial charge in [-0.3, -0.25) is 14.6 Å². The van der Waals surface area contributed by atoms with E-state index < -0.39 is 0 Å². The third-order valence-corrected chi connectivity index (χ3v) is 7.48. The predicted molar refractivity (Wildman–Crippen MR) is 140 cm³/mol. The Kier molecular flexibility index (Phi) is 7.13. The van der Waals surface area contributed by atoms with Crippen LogP contribution in [0.5, 0.6) is 11.5 Å². The summed E-state index contributed by atoms with van der Waals surface area (Å²) >= 11 is 1.52. The summed E-state index contributed by atoms with van der Waals surface area (Å²) in [7, 11) is 1.64. The maximum Gasteiger partial charge on any atom is 0.266 e. The molecule has 1 amide bonds. The van der Waals surface area contributed by atoms with Crippen molar-refractivity contribution in [2.75, 3.05) is 58.0 Å². The molecule has 0 unspecified atom stereocenters. The van der Waals surface area contributed by atoms with Gasteiger partial charge in [-0.1, -0.05) is 47.7 Å². The fourth-order valence-corrected chi connectivity index (χ4v) is 5.35. The molecule has 0 N–H and O–H groups in total. The molecule has 4 aromatic rings. The molecule has 35 heavy (non-hydrogen) atoms. The van der Waals surface area contributed by atoms with Crippen LogP contribution in [0.2, 0.25) is 0 Å². The zero-order valence-electron chi connectivity index (χ0n) is 20.0. The van der Waals surface area contributed by atoms with Crippen LogP contribution in [0.15, 0.2) is 54.6 Å². The summed E-state index contributed by atoms with van der Waals surface area (Å²) in [5.41, 5.74) is 1.89. The summed E-state index contributed by atoms with van der Waals surface area (Å²) in [6.07, 6.45) is 0. The molecule has 1 saturated heterocycles. The molecule has 1 aliphatic heterocycles. The number of fused-ring (bicyclic) bond motifs is 2. The van der Waals surface area contributed by atoms with Gasteiger partial charge in [0.05, 0.1) is 25.0 Å². The van der Waals surface area contributed by atoms with Crippen molar-refractivity contribution in [3.63, 3.8) is 0 Å². The molecule has 1 fully saturated rings. The van der Waals surface area contributed by atoms with Crippen molar-refractivity contribution in [2.24, 2.45) is 0 Å². The number of anilines is 1. The van der Waals surface area contributed by atoms with Crippen molar-refractivity contribution in [1.29, 1.82) is 0 Å². The number of benzene rings is 3. The number of carbonyl (C=O) groups excluding carboxylic acids is 1. The molecule has 1 aromatic heterocycles. The van der Waals surface area contributed by atoms with Crippen LogP contribution in [-0.4, -0.2) is 68.9 Å². The van der Waals surface area contributed by atoms with Crippen LogP contribution in [0.1, 0.15) is 5.56 Å². The Balaban J connectivity index is 1.38. The van der Waals surface area contributed by atoms with Gasteiger partial charge in [-0.15, -0.1) is 0 Å². The Morgan fingerprint density at radius 3 is 2.71 bits per heavy atom. The van der Waals surface area contributed by atoms with Crippen molar-refractivity contribution < 1.29 is 19.0 Å². The van der Waals surface area contributed by atoms with E-state index in [4.69, 9.17) is 19.2 Å². The highest BCUT2D eigenvalue weighted by molar-refractivity contribution is 7.22. The SMILES string of the molecule is COc1ccc(C)c2sc(N(CCN3CCOCC3)C(=O)COc3ccc4ccccc4c3)nc12. The summed E-state index contributed by atoms with van der Waals surface area (Å²) in [5, 5.41) is 2.88. The van der Waals surface area contributed by atoms with E-state index in [2.05, 4.69) is 11.0 Å². The minimum absolute atomic E-state index is 0.0620. The molecule has 7 nitrogen and oxygen atoms in total. The number of rotatable bonds is 8. The molecule has 0 radical (unpaired) electrons. The number of morpholine rings is 1. The lowest BCUT2D eigenvalue weighted by Crippen LogP contribution is -2.44. The molecule has 3 aromatic carbocycles. The van der Waals surface area contributed by atoms with Gasteiger partial charge < -0.3 is 14.2 Å². The quantitative estimate of drug-likeness (QED) is 0.361. The number of nitrogens with zero attached hydrogens (tertiary/aromatic N) is 3. The first-order valence-electron chi connectivity index (χ1n) is 11.8. The maximum absolute atomic E-state index is 13.5. The van der Waals surface area contributed by atoms with Crippen molar-refractivity contribution in [3.05, 3.63) is 60.2 Å². The number of ether oxygens (including phenoxy) is 3. The highest BCUT2D eigenvalue weighted by atomic mass is 32.1. The van der Waals surface area contributed by atoms with Crippen molar-refractivity contribution in [3.8, 4) is 11.5 Å². The lowest BCUT2D eigenvalue weighted by atomic mass is 10.1. The Hall–Kier alpha value is -3.20. The number of thiazole rings is 1. The highest BCUT2D eigenvalue weighted by Crippen LogP contribution is 2.36. The Morgan fingerprint density at radius 2 is 1.91 bits per heavy atom. The predicted octanol–water partition coefficient (Wildman–Crippen LogP) is 4.51. The summed E-state index contributed by atoms with van der Waals surface area (Å²) in [5.74, 6) is 1.26. The van der Waals surface area contributed by atoms with Crippen LogP contribution in [0.4, 0.5) is 5.13 Å². The molecule has 0 bridgehead atoms. The van der Waals surface area contributed by atoms with Crippen molar-refractivity contribution >= 4 is 43.4 Å². The van der Waals surface area contributed by atoms with Gasteiger partial charge in [-0.25, -0.2) is 4.98 Å². The molecular formula is C27H29N3O4S. The van der Waals surface area contributed by atoms with Crippen LogP contribution >= 0.6 is 11.3 Å². The number of methoxy groups -OCH3 is 1. The van der Waals surface area contributed by atoms with Crippen molar-refractivity contribution in [1.82, 2.24) is 9.88 Å². The monoisotopic (exact) mass is 491 g/mol. The number of amides is 1. The molecule has 0 aliphatic carbocycles. The molecule has 5 rings (SSSR count). The van der Waals surface area contributed by atoms with Gasteiger partial charge in [0.15, 0.2) is 11.7 Å². The molecule has 0 atom stereocenters. The Morgan fingerprint density at radius 1 is 1.11 bits per heavy atom. The topological polar surface area (TPSA) is 64.1 Å². The van der Waals surface area contributed by atoms with E-state index in [0.29, 0.717) is 23.2 Å². The first-order valence-corrected chi connectivity index (χ1v) is 12.6. The van der Waals surface area contributed by atoms with Crippen LogP contribution in [0.3, 0.4) is 0 Å². The van der Waals surface area contributed by atoms with E-state index in [0.717, 1.165) is 59.4 Å². The Labute approximate surface area is 208 Å². The molecule has 182 valence electrons. The normalized spacial score (nSPS) is 14.3. The lowest BCUT2D eigenvalue weighted by molar-refractivity contribution is -0.120. The molecular weight excluding hydrogens is 462 g/mol. The average molecular weight is 492 g/mol.